The number of hydrogen-bond acceptors (Lipinski definition) is 3. The Hall–Kier alpha value is -2.59. The predicted molar refractivity (Wildman–Crippen MR) is 85.6 cm³/mol. The minimum absolute atomic E-state index is 0.620. The summed E-state index contributed by atoms with van der Waals surface area (Å²) in [4.78, 5) is 4.16. The van der Waals surface area contributed by atoms with Crippen molar-refractivity contribution in [3.8, 4) is 17.8 Å². The first-order valence-electron chi connectivity index (χ1n) is 7.19. The number of aryl methyl sites for hydroxylation is 1. The second kappa shape index (κ2) is 5.31. The van der Waals surface area contributed by atoms with E-state index in [1.165, 1.54) is 0 Å². The van der Waals surface area contributed by atoms with E-state index in [-0.39, 0.29) is 0 Å². The van der Waals surface area contributed by atoms with E-state index in [2.05, 4.69) is 17.1 Å². The summed E-state index contributed by atoms with van der Waals surface area (Å²) in [6.45, 7) is 9.52. The van der Waals surface area contributed by atoms with Crippen LogP contribution in [0.4, 0.5) is 0 Å². The number of nitriles is 2. The predicted octanol–water partition coefficient (Wildman–Crippen LogP) is 3.78. The van der Waals surface area contributed by atoms with Crippen LogP contribution < -0.4 is 0 Å². The van der Waals surface area contributed by atoms with Crippen LogP contribution in [0.25, 0.3) is 5.69 Å². The standard InChI is InChI=1S/C18H20N4/c1-13-9-21-12-22(13)16-7-14(17(2,3)10-19)6-15(8-16)18(4,5)11-20/h6-9,12H,1-5H3. The number of benzene rings is 1. The molecule has 4 nitrogen and oxygen atoms in total. The van der Waals surface area contributed by atoms with Crippen LogP contribution in [0.3, 0.4) is 0 Å². The highest BCUT2D eigenvalue weighted by atomic mass is 15.0. The normalized spacial score (nSPS) is 11.8. The van der Waals surface area contributed by atoms with E-state index in [1.807, 2.05) is 57.4 Å². The summed E-state index contributed by atoms with van der Waals surface area (Å²) in [6, 6.07) is 10.6. The van der Waals surface area contributed by atoms with Gasteiger partial charge in [0.1, 0.15) is 0 Å². The van der Waals surface area contributed by atoms with Crippen molar-refractivity contribution in [2.24, 2.45) is 0 Å². The van der Waals surface area contributed by atoms with Crippen LogP contribution in [0.1, 0.15) is 44.5 Å². The van der Waals surface area contributed by atoms with Gasteiger partial charge in [0.2, 0.25) is 0 Å². The van der Waals surface area contributed by atoms with Gasteiger partial charge in [-0.1, -0.05) is 6.07 Å². The number of imidazole rings is 1. The molecule has 2 aromatic rings. The maximum atomic E-state index is 9.44. The van der Waals surface area contributed by atoms with Crippen molar-refractivity contribution in [3.05, 3.63) is 47.5 Å². The zero-order valence-corrected chi connectivity index (χ0v) is 13.7. The maximum Gasteiger partial charge on any atom is 0.0994 e. The lowest BCUT2D eigenvalue weighted by molar-refractivity contribution is 0.659. The molecule has 0 bridgehead atoms. The number of nitrogens with zero attached hydrogens (tertiary/aromatic N) is 4. The van der Waals surface area contributed by atoms with E-state index >= 15 is 0 Å². The quantitative estimate of drug-likeness (QED) is 0.864. The molecule has 112 valence electrons. The van der Waals surface area contributed by atoms with Gasteiger partial charge in [-0.2, -0.15) is 10.5 Å². The molecule has 0 N–H and O–H groups in total. The molecule has 2 rings (SSSR count). The second-order valence-electron chi connectivity index (χ2n) is 6.65. The van der Waals surface area contributed by atoms with E-state index in [0.29, 0.717) is 0 Å². The van der Waals surface area contributed by atoms with Gasteiger partial charge in [-0.15, -0.1) is 0 Å². The third kappa shape index (κ3) is 2.73. The topological polar surface area (TPSA) is 65.4 Å². The summed E-state index contributed by atoms with van der Waals surface area (Å²) in [5.74, 6) is 0. The fourth-order valence-corrected chi connectivity index (χ4v) is 2.23. The first kappa shape index (κ1) is 15.8. The van der Waals surface area contributed by atoms with E-state index in [1.54, 1.807) is 12.5 Å². The van der Waals surface area contributed by atoms with Gasteiger partial charge >= 0.3 is 0 Å². The fraction of sp³-hybridized carbons (Fsp3) is 0.389. The molecule has 0 amide bonds. The molecule has 1 heterocycles. The lowest BCUT2D eigenvalue weighted by Gasteiger charge is -2.23. The van der Waals surface area contributed by atoms with Gasteiger partial charge in [-0.05, 0) is 57.9 Å². The van der Waals surface area contributed by atoms with Gasteiger partial charge < -0.3 is 4.57 Å². The van der Waals surface area contributed by atoms with Crippen molar-refractivity contribution in [2.75, 3.05) is 0 Å². The number of rotatable bonds is 3. The van der Waals surface area contributed by atoms with Gasteiger partial charge in [0, 0.05) is 17.6 Å². The molecule has 1 aromatic heterocycles. The van der Waals surface area contributed by atoms with Crippen molar-refractivity contribution >= 4 is 0 Å². The molecule has 22 heavy (non-hydrogen) atoms. The molecule has 0 atom stereocenters. The van der Waals surface area contributed by atoms with Gasteiger partial charge in [-0.3, -0.25) is 0 Å². The largest absolute Gasteiger partial charge is 0.304 e. The summed E-state index contributed by atoms with van der Waals surface area (Å²) >= 11 is 0. The molecule has 0 aliphatic carbocycles. The van der Waals surface area contributed by atoms with Gasteiger partial charge in [0.15, 0.2) is 0 Å². The molecule has 0 saturated heterocycles. The van der Waals surface area contributed by atoms with Crippen LogP contribution in [-0.4, -0.2) is 9.55 Å². The third-order valence-electron chi connectivity index (χ3n) is 4.02. The first-order valence-corrected chi connectivity index (χ1v) is 7.19. The molecular weight excluding hydrogens is 272 g/mol. The molecule has 0 aliphatic rings. The highest BCUT2D eigenvalue weighted by molar-refractivity contribution is 5.49. The van der Waals surface area contributed by atoms with Crippen molar-refractivity contribution in [1.29, 1.82) is 10.5 Å². The SMILES string of the molecule is Cc1cncn1-c1cc(C(C)(C)C#N)cc(C(C)(C)C#N)c1. The Morgan fingerprint density at radius 3 is 1.82 bits per heavy atom. The van der Waals surface area contributed by atoms with Crippen LogP contribution in [0.15, 0.2) is 30.7 Å². The minimum atomic E-state index is -0.620. The molecule has 0 unspecified atom stereocenters. The molecule has 0 spiro atoms. The third-order valence-corrected chi connectivity index (χ3v) is 4.02. The van der Waals surface area contributed by atoms with E-state index < -0.39 is 10.8 Å². The minimum Gasteiger partial charge on any atom is -0.304 e. The smallest absolute Gasteiger partial charge is 0.0994 e. The Bertz CT molecular complexity index is 738. The summed E-state index contributed by atoms with van der Waals surface area (Å²) < 4.78 is 1.97. The summed E-state index contributed by atoms with van der Waals surface area (Å²) in [6.07, 6.45) is 3.54. The van der Waals surface area contributed by atoms with Crippen molar-refractivity contribution < 1.29 is 0 Å². The van der Waals surface area contributed by atoms with E-state index in [0.717, 1.165) is 22.5 Å². The monoisotopic (exact) mass is 292 g/mol. The van der Waals surface area contributed by atoms with E-state index in [9.17, 15) is 10.5 Å². The summed E-state index contributed by atoms with van der Waals surface area (Å²) in [5, 5.41) is 18.9. The Labute approximate surface area is 131 Å². The van der Waals surface area contributed by atoms with Crippen LogP contribution in [0.5, 0.6) is 0 Å². The Morgan fingerprint density at radius 2 is 1.45 bits per heavy atom. The van der Waals surface area contributed by atoms with Crippen LogP contribution in [-0.2, 0) is 10.8 Å². The second-order valence-corrected chi connectivity index (χ2v) is 6.65. The van der Waals surface area contributed by atoms with Crippen LogP contribution >= 0.6 is 0 Å². The molecule has 0 radical (unpaired) electrons. The lowest BCUT2D eigenvalue weighted by Crippen LogP contribution is -2.19. The fourth-order valence-electron chi connectivity index (χ4n) is 2.23. The van der Waals surface area contributed by atoms with Gasteiger partial charge in [0.25, 0.3) is 0 Å². The average molecular weight is 292 g/mol. The van der Waals surface area contributed by atoms with Crippen molar-refractivity contribution in [2.45, 2.75) is 45.4 Å². The Balaban J connectivity index is 2.74. The van der Waals surface area contributed by atoms with Crippen LogP contribution in [0, 0.1) is 29.6 Å². The summed E-state index contributed by atoms with van der Waals surface area (Å²) in [7, 11) is 0. The van der Waals surface area contributed by atoms with E-state index in [4.69, 9.17) is 0 Å². The lowest BCUT2D eigenvalue weighted by atomic mass is 9.80. The number of aromatic nitrogens is 2. The van der Waals surface area contributed by atoms with Gasteiger partial charge in [-0.25, -0.2) is 4.98 Å². The first-order chi connectivity index (χ1) is 10.2. The maximum absolute atomic E-state index is 9.44. The van der Waals surface area contributed by atoms with Crippen molar-refractivity contribution in [1.82, 2.24) is 9.55 Å². The average Bonchev–Trinajstić information content (AvgIpc) is 2.93. The Morgan fingerprint density at radius 1 is 0.955 bits per heavy atom. The molecule has 0 saturated carbocycles. The summed E-state index contributed by atoms with van der Waals surface area (Å²) in [5.41, 5.74) is 2.50. The zero-order valence-electron chi connectivity index (χ0n) is 13.7. The van der Waals surface area contributed by atoms with Crippen LogP contribution in [0.2, 0.25) is 0 Å². The Kier molecular flexibility index (Phi) is 3.81. The zero-order chi connectivity index (χ0) is 16.5. The van der Waals surface area contributed by atoms with Gasteiger partial charge in [0.05, 0.1) is 29.3 Å². The number of hydrogen-bond donors (Lipinski definition) is 0. The highest BCUT2D eigenvalue weighted by Gasteiger charge is 2.26. The van der Waals surface area contributed by atoms with Crippen molar-refractivity contribution in [3.63, 3.8) is 0 Å². The molecule has 0 aliphatic heterocycles. The molecule has 4 heteroatoms. The molecular formula is C18H20N4. The molecule has 1 aromatic carbocycles. The molecule has 0 fully saturated rings. The highest BCUT2D eigenvalue weighted by Crippen LogP contribution is 2.31.